The molecule has 0 saturated heterocycles. The van der Waals surface area contributed by atoms with E-state index in [1.807, 2.05) is 42.5 Å². The quantitative estimate of drug-likeness (QED) is 0.353. The molecular formula is C17H21BrIN3O2. The standard InChI is InChI=1S/C17H20BrN3O2.HI/c1-22-15-9-4-3-8-14(15)21-17(19)20-11-10-12-6-5-7-13(18)16(12)23-2;/h3-9H,10-11H2,1-2H3,(H3,19,20,21);1H. The van der Waals surface area contributed by atoms with Crippen molar-refractivity contribution in [3.05, 3.63) is 52.5 Å². The van der Waals surface area contributed by atoms with E-state index < -0.39 is 0 Å². The Hall–Kier alpha value is -1.48. The van der Waals surface area contributed by atoms with Crippen LogP contribution in [-0.2, 0) is 6.42 Å². The van der Waals surface area contributed by atoms with Crippen molar-refractivity contribution in [1.29, 1.82) is 0 Å². The number of nitrogens with zero attached hydrogens (tertiary/aromatic N) is 1. The Bertz CT molecular complexity index is 695. The van der Waals surface area contributed by atoms with Crippen LogP contribution in [0, 0.1) is 0 Å². The second-order valence-electron chi connectivity index (χ2n) is 4.77. The molecule has 2 rings (SSSR count). The maximum Gasteiger partial charge on any atom is 0.193 e. The van der Waals surface area contributed by atoms with Crippen LogP contribution >= 0.6 is 39.9 Å². The molecule has 0 spiro atoms. The van der Waals surface area contributed by atoms with Crippen LogP contribution in [0.25, 0.3) is 0 Å². The fourth-order valence-electron chi connectivity index (χ4n) is 2.20. The molecule has 0 aliphatic carbocycles. The van der Waals surface area contributed by atoms with Crippen molar-refractivity contribution in [2.24, 2.45) is 10.7 Å². The molecule has 0 bridgehead atoms. The van der Waals surface area contributed by atoms with Gasteiger partial charge in [0, 0.05) is 6.54 Å². The van der Waals surface area contributed by atoms with E-state index in [1.54, 1.807) is 14.2 Å². The monoisotopic (exact) mass is 505 g/mol. The van der Waals surface area contributed by atoms with E-state index in [9.17, 15) is 0 Å². The van der Waals surface area contributed by atoms with Gasteiger partial charge in [0.15, 0.2) is 5.96 Å². The smallest absolute Gasteiger partial charge is 0.193 e. The Morgan fingerprint density at radius 3 is 2.58 bits per heavy atom. The number of aliphatic imine (C=N–C) groups is 1. The number of anilines is 1. The number of rotatable bonds is 6. The zero-order valence-electron chi connectivity index (χ0n) is 13.6. The molecule has 24 heavy (non-hydrogen) atoms. The normalized spacial score (nSPS) is 10.7. The molecule has 0 unspecified atom stereocenters. The summed E-state index contributed by atoms with van der Waals surface area (Å²) in [5, 5.41) is 3.05. The van der Waals surface area contributed by atoms with E-state index in [-0.39, 0.29) is 24.0 Å². The molecule has 130 valence electrons. The number of hydrogen-bond acceptors (Lipinski definition) is 3. The van der Waals surface area contributed by atoms with Crippen LogP contribution in [0.2, 0.25) is 0 Å². The Balaban J connectivity index is 0.00000288. The van der Waals surface area contributed by atoms with Gasteiger partial charge in [-0.05, 0) is 46.1 Å². The molecule has 0 aliphatic rings. The van der Waals surface area contributed by atoms with Gasteiger partial charge >= 0.3 is 0 Å². The van der Waals surface area contributed by atoms with Crippen molar-refractivity contribution in [2.45, 2.75) is 6.42 Å². The molecule has 0 aliphatic heterocycles. The lowest BCUT2D eigenvalue weighted by molar-refractivity contribution is 0.407. The van der Waals surface area contributed by atoms with Crippen LogP contribution in [0.3, 0.4) is 0 Å². The average molecular weight is 506 g/mol. The largest absolute Gasteiger partial charge is 0.495 e. The minimum atomic E-state index is 0. The maximum atomic E-state index is 5.94. The van der Waals surface area contributed by atoms with Crippen LogP contribution < -0.4 is 20.5 Å². The third kappa shape index (κ3) is 5.55. The van der Waals surface area contributed by atoms with Crippen molar-refractivity contribution in [1.82, 2.24) is 0 Å². The van der Waals surface area contributed by atoms with Crippen molar-refractivity contribution in [3.63, 3.8) is 0 Å². The zero-order chi connectivity index (χ0) is 16.7. The first kappa shape index (κ1) is 20.6. The van der Waals surface area contributed by atoms with E-state index in [0.717, 1.165) is 33.6 Å². The number of para-hydroxylation sites is 3. The minimum Gasteiger partial charge on any atom is -0.495 e. The number of methoxy groups -OCH3 is 2. The van der Waals surface area contributed by atoms with Gasteiger partial charge in [-0.1, -0.05) is 24.3 Å². The first-order valence-electron chi connectivity index (χ1n) is 7.17. The van der Waals surface area contributed by atoms with Gasteiger partial charge in [0.2, 0.25) is 0 Å². The lowest BCUT2D eigenvalue weighted by Crippen LogP contribution is -2.23. The van der Waals surface area contributed by atoms with E-state index in [1.165, 1.54) is 0 Å². The van der Waals surface area contributed by atoms with Crippen LogP contribution in [0.5, 0.6) is 11.5 Å². The second kappa shape index (κ2) is 10.4. The van der Waals surface area contributed by atoms with E-state index in [0.29, 0.717) is 12.5 Å². The maximum absolute atomic E-state index is 5.94. The van der Waals surface area contributed by atoms with Crippen molar-refractivity contribution in [2.75, 3.05) is 26.1 Å². The minimum absolute atomic E-state index is 0. The lowest BCUT2D eigenvalue weighted by atomic mass is 10.1. The van der Waals surface area contributed by atoms with Gasteiger partial charge in [-0.25, -0.2) is 0 Å². The third-order valence-corrected chi connectivity index (χ3v) is 3.91. The Kier molecular flexibility index (Phi) is 8.91. The molecule has 0 heterocycles. The molecular weight excluding hydrogens is 485 g/mol. The van der Waals surface area contributed by atoms with Gasteiger partial charge in [-0.15, -0.1) is 24.0 Å². The molecule has 3 N–H and O–H groups in total. The predicted molar refractivity (Wildman–Crippen MR) is 113 cm³/mol. The summed E-state index contributed by atoms with van der Waals surface area (Å²) in [6.45, 7) is 0.556. The highest BCUT2D eigenvalue weighted by atomic mass is 127. The summed E-state index contributed by atoms with van der Waals surface area (Å²) in [6, 6.07) is 13.5. The number of hydrogen-bond donors (Lipinski definition) is 2. The van der Waals surface area contributed by atoms with Gasteiger partial charge in [0.1, 0.15) is 11.5 Å². The van der Waals surface area contributed by atoms with Gasteiger partial charge in [-0.2, -0.15) is 0 Å². The molecule has 2 aromatic rings. The van der Waals surface area contributed by atoms with Crippen LogP contribution in [0.1, 0.15) is 5.56 Å². The van der Waals surface area contributed by atoms with E-state index in [4.69, 9.17) is 15.2 Å². The predicted octanol–water partition coefficient (Wildman–Crippen LogP) is 4.05. The molecule has 7 heteroatoms. The van der Waals surface area contributed by atoms with Gasteiger partial charge in [0.25, 0.3) is 0 Å². The highest BCUT2D eigenvalue weighted by molar-refractivity contribution is 14.0. The molecule has 0 saturated carbocycles. The lowest BCUT2D eigenvalue weighted by Gasteiger charge is -2.11. The van der Waals surface area contributed by atoms with Gasteiger partial charge in [-0.3, -0.25) is 4.99 Å². The van der Waals surface area contributed by atoms with Crippen LogP contribution in [0.4, 0.5) is 5.69 Å². The molecule has 0 aromatic heterocycles. The SMILES string of the molecule is COc1ccccc1NC(N)=NCCc1cccc(Br)c1OC.I. The van der Waals surface area contributed by atoms with Gasteiger partial charge < -0.3 is 20.5 Å². The van der Waals surface area contributed by atoms with E-state index >= 15 is 0 Å². The molecule has 0 fully saturated rings. The van der Waals surface area contributed by atoms with Gasteiger partial charge in [0.05, 0.1) is 24.4 Å². The summed E-state index contributed by atoms with van der Waals surface area (Å²) in [6.07, 6.45) is 0.733. The van der Waals surface area contributed by atoms with Crippen LogP contribution in [0.15, 0.2) is 51.9 Å². The topological polar surface area (TPSA) is 68.9 Å². The van der Waals surface area contributed by atoms with Crippen molar-refractivity contribution < 1.29 is 9.47 Å². The summed E-state index contributed by atoms with van der Waals surface area (Å²) >= 11 is 3.48. The number of nitrogens with one attached hydrogen (secondary N) is 1. The summed E-state index contributed by atoms with van der Waals surface area (Å²) in [5.41, 5.74) is 7.80. The number of halogens is 2. The number of ether oxygens (including phenoxy) is 2. The summed E-state index contributed by atoms with van der Waals surface area (Å²) in [4.78, 5) is 4.35. The molecule has 0 radical (unpaired) electrons. The second-order valence-corrected chi connectivity index (χ2v) is 5.63. The van der Waals surface area contributed by atoms with Crippen molar-refractivity contribution >= 4 is 51.6 Å². The molecule has 2 aromatic carbocycles. The highest BCUT2D eigenvalue weighted by Crippen LogP contribution is 2.29. The molecule has 5 nitrogen and oxygen atoms in total. The first-order valence-corrected chi connectivity index (χ1v) is 7.96. The number of guanidine groups is 1. The Morgan fingerprint density at radius 2 is 1.88 bits per heavy atom. The summed E-state index contributed by atoms with van der Waals surface area (Å²) in [7, 11) is 3.28. The fraction of sp³-hybridized carbons (Fsp3) is 0.235. The summed E-state index contributed by atoms with van der Waals surface area (Å²) < 4.78 is 11.6. The Morgan fingerprint density at radius 1 is 1.12 bits per heavy atom. The fourth-order valence-corrected chi connectivity index (χ4v) is 2.77. The first-order chi connectivity index (χ1) is 11.2. The Labute approximate surface area is 167 Å². The van der Waals surface area contributed by atoms with Crippen molar-refractivity contribution in [3.8, 4) is 11.5 Å². The number of nitrogens with two attached hydrogens (primary N) is 1. The third-order valence-electron chi connectivity index (χ3n) is 3.29. The molecule has 0 amide bonds. The summed E-state index contributed by atoms with van der Waals surface area (Å²) in [5.74, 6) is 1.90. The van der Waals surface area contributed by atoms with Crippen LogP contribution in [-0.4, -0.2) is 26.7 Å². The molecule has 0 atom stereocenters. The highest BCUT2D eigenvalue weighted by Gasteiger charge is 2.06. The van der Waals surface area contributed by atoms with E-state index in [2.05, 4.69) is 26.2 Å². The zero-order valence-corrected chi connectivity index (χ0v) is 17.5. The average Bonchev–Trinajstić information content (AvgIpc) is 2.55. The number of benzene rings is 2.